The molecule has 0 saturated carbocycles. The highest BCUT2D eigenvalue weighted by atomic mass is 35.5. The van der Waals surface area contributed by atoms with Crippen molar-refractivity contribution >= 4 is 17.6 Å². The van der Waals surface area contributed by atoms with Gasteiger partial charge in [0, 0.05) is 0 Å². The molecule has 0 amide bonds. The lowest BCUT2D eigenvalue weighted by molar-refractivity contribution is 0.0600. The Balaban J connectivity index is 2.28. The van der Waals surface area contributed by atoms with Gasteiger partial charge in [-0.25, -0.2) is 9.78 Å². The largest absolute Gasteiger partial charge is 0.465 e. The van der Waals surface area contributed by atoms with Gasteiger partial charge < -0.3 is 9.47 Å². The number of rotatable bonds is 3. The Kier molecular flexibility index (Phi) is 3.91. The number of methoxy groups -OCH3 is 1. The molecule has 98 valence electrons. The Morgan fingerprint density at radius 1 is 1.42 bits per heavy atom. The molecule has 7 heteroatoms. The highest BCUT2D eigenvalue weighted by Gasteiger charge is 2.11. The molecule has 1 aromatic heterocycles. The van der Waals surface area contributed by atoms with Gasteiger partial charge in [-0.15, -0.1) is 0 Å². The zero-order valence-corrected chi connectivity index (χ0v) is 10.5. The van der Waals surface area contributed by atoms with E-state index in [-0.39, 0.29) is 22.5 Å². The summed E-state index contributed by atoms with van der Waals surface area (Å²) in [5, 5.41) is -0.138. The SMILES string of the molecule is COC(=O)c1cccc(Oc2nc(Cl)ncc2F)c1. The van der Waals surface area contributed by atoms with Crippen molar-refractivity contribution in [1.82, 2.24) is 9.97 Å². The summed E-state index contributed by atoms with van der Waals surface area (Å²) in [4.78, 5) is 18.4. The van der Waals surface area contributed by atoms with Crippen LogP contribution in [0.5, 0.6) is 11.6 Å². The Labute approximate surface area is 113 Å². The second-order valence-corrected chi connectivity index (χ2v) is 3.75. The number of ether oxygens (including phenoxy) is 2. The molecule has 1 aromatic carbocycles. The fourth-order valence-electron chi connectivity index (χ4n) is 1.32. The van der Waals surface area contributed by atoms with Crippen molar-refractivity contribution in [1.29, 1.82) is 0 Å². The molecular formula is C12H8ClFN2O3. The van der Waals surface area contributed by atoms with Crippen molar-refractivity contribution in [3.63, 3.8) is 0 Å². The van der Waals surface area contributed by atoms with Crippen LogP contribution in [0.3, 0.4) is 0 Å². The van der Waals surface area contributed by atoms with Crippen molar-refractivity contribution in [2.24, 2.45) is 0 Å². The average molecular weight is 283 g/mol. The minimum Gasteiger partial charge on any atom is -0.465 e. The molecule has 0 saturated heterocycles. The molecule has 2 rings (SSSR count). The van der Waals surface area contributed by atoms with Crippen LogP contribution >= 0.6 is 11.6 Å². The minimum atomic E-state index is -0.757. The highest BCUT2D eigenvalue weighted by molar-refractivity contribution is 6.28. The van der Waals surface area contributed by atoms with Crippen molar-refractivity contribution in [2.45, 2.75) is 0 Å². The molecule has 0 spiro atoms. The van der Waals surface area contributed by atoms with Gasteiger partial charge in [0.2, 0.25) is 11.1 Å². The Hall–Kier alpha value is -2.21. The molecule has 1 heterocycles. The van der Waals surface area contributed by atoms with E-state index in [0.29, 0.717) is 0 Å². The van der Waals surface area contributed by atoms with E-state index >= 15 is 0 Å². The van der Waals surface area contributed by atoms with Crippen LogP contribution in [0.4, 0.5) is 4.39 Å². The van der Waals surface area contributed by atoms with Crippen molar-refractivity contribution in [3.8, 4) is 11.6 Å². The van der Waals surface area contributed by atoms with Gasteiger partial charge in [0.1, 0.15) is 5.75 Å². The van der Waals surface area contributed by atoms with Crippen LogP contribution < -0.4 is 4.74 Å². The summed E-state index contributed by atoms with van der Waals surface area (Å²) in [6.45, 7) is 0. The zero-order valence-electron chi connectivity index (χ0n) is 9.76. The number of carbonyl (C=O) groups excluding carboxylic acids is 1. The Morgan fingerprint density at radius 3 is 2.95 bits per heavy atom. The first-order valence-electron chi connectivity index (χ1n) is 5.14. The van der Waals surface area contributed by atoms with Crippen molar-refractivity contribution in [2.75, 3.05) is 7.11 Å². The standard InChI is InChI=1S/C12H8ClFN2O3/c1-18-11(17)7-3-2-4-8(5-7)19-10-9(14)6-15-12(13)16-10/h2-6H,1H3. The maximum atomic E-state index is 13.4. The van der Waals surface area contributed by atoms with Gasteiger partial charge in [-0.2, -0.15) is 9.37 Å². The lowest BCUT2D eigenvalue weighted by Gasteiger charge is -2.06. The molecule has 0 aliphatic heterocycles. The summed E-state index contributed by atoms with van der Waals surface area (Å²) in [6.07, 6.45) is 0.898. The van der Waals surface area contributed by atoms with E-state index in [4.69, 9.17) is 16.3 Å². The summed E-state index contributed by atoms with van der Waals surface area (Å²) in [5.74, 6) is -1.36. The fourth-order valence-corrected chi connectivity index (χ4v) is 1.44. The topological polar surface area (TPSA) is 61.3 Å². The summed E-state index contributed by atoms with van der Waals surface area (Å²) in [6, 6.07) is 6.06. The van der Waals surface area contributed by atoms with Crippen molar-refractivity contribution < 1.29 is 18.7 Å². The molecule has 2 aromatic rings. The molecule has 0 unspecified atom stereocenters. The van der Waals surface area contributed by atoms with Gasteiger partial charge in [0.05, 0.1) is 18.9 Å². The molecular weight excluding hydrogens is 275 g/mol. The van der Waals surface area contributed by atoms with E-state index in [1.165, 1.54) is 13.2 Å². The van der Waals surface area contributed by atoms with Gasteiger partial charge in [0.15, 0.2) is 0 Å². The number of hydrogen-bond donors (Lipinski definition) is 0. The summed E-state index contributed by atoms with van der Waals surface area (Å²) < 4.78 is 23.2. The first kappa shape index (κ1) is 13.2. The lowest BCUT2D eigenvalue weighted by atomic mass is 10.2. The maximum Gasteiger partial charge on any atom is 0.337 e. The van der Waals surface area contributed by atoms with Crippen LogP contribution in [0.2, 0.25) is 5.28 Å². The van der Waals surface area contributed by atoms with Gasteiger partial charge in [-0.05, 0) is 29.8 Å². The Morgan fingerprint density at radius 2 is 2.21 bits per heavy atom. The molecule has 0 aliphatic rings. The first-order valence-corrected chi connectivity index (χ1v) is 5.52. The predicted molar refractivity (Wildman–Crippen MR) is 64.9 cm³/mol. The van der Waals surface area contributed by atoms with E-state index in [1.807, 2.05) is 0 Å². The molecule has 19 heavy (non-hydrogen) atoms. The quantitative estimate of drug-likeness (QED) is 0.640. The number of benzene rings is 1. The van der Waals surface area contributed by atoms with E-state index in [9.17, 15) is 9.18 Å². The second kappa shape index (κ2) is 5.62. The maximum absolute atomic E-state index is 13.4. The van der Waals surface area contributed by atoms with E-state index in [2.05, 4.69) is 14.7 Å². The van der Waals surface area contributed by atoms with Crippen LogP contribution in [0.1, 0.15) is 10.4 Å². The molecule has 0 fully saturated rings. The van der Waals surface area contributed by atoms with E-state index in [1.54, 1.807) is 18.2 Å². The monoisotopic (exact) mass is 282 g/mol. The molecule has 0 aliphatic carbocycles. The Bertz CT molecular complexity index is 622. The predicted octanol–water partition coefficient (Wildman–Crippen LogP) is 2.85. The lowest BCUT2D eigenvalue weighted by Crippen LogP contribution is -2.01. The highest BCUT2D eigenvalue weighted by Crippen LogP contribution is 2.23. The van der Waals surface area contributed by atoms with E-state index < -0.39 is 11.8 Å². The van der Waals surface area contributed by atoms with Crippen LogP contribution in [0.25, 0.3) is 0 Å². The smallest absolute Gasteiger partial charge is 0.337 e. The second-order valence-electron chi connectivity index (χ2n) is 3.41. The molecule has 0 bridgehead atoms. The first-order chi connectivity index (χ1) is 9.10. The van der Waals surface area contributed by atoms with Gasteiger partial charge in [-0.1, -0.05) is 6.07 Å². The number of carbonyl (C=O) groups is 1. The van der Waals surface area contributed by atoms with Crippen molar-refractivity contribution in [3.05, 3.63) is 47.1 Å². The third-order valence-electron chi connectivity index (χ3n) is 2.15. The van der Waals surface area contributed by atoms with Crippen LogP contribution in [0, 0.1) is 5.82 Å². The van der Waals surface area contributed by atoms with Crippen LogP contribution in [0.15, 0.2) is 30.5 Å². The molecule has 0 N–H and O–H groups in total. The van der Waals surface area contributed by atoms with E-state index in [0.717, 1.165) is 6.20 Å². The normalized spacial score (nSPS) is 10.1. The van der Waals surface area contributed by atoms with Crippen LogP contribution in [-0.2, 0) is 4.74 Å². The fraction of sp³-hybridized carbons (Fsp3) is 0.0833. The zero-order chi connectivity index (χ0) is 13.8. The van der Waals surface area contributed by atoms with Crippen LogP contribution in [-0.4, -0.2) is 23.0 Å². The number of nitrogens with zero attached hydrogens (tertiary/aromatic N) is 2. The summed E-state index contributed by atoms with van der Waals surface area (Å²) in [5.41, 5.74) is 0.278. The number of hydrogen-bond acceptors (Lipinski definition) is 5. The van der Waals surface area contributed by atoms with Gasteiger partial charge in [-0.3, -0.25) is 0 Å². The van der Waals surface area contributed by atoms with Gasteiger partial charge in [0.25, 0.3) is 5.88 Å². The van der Waals surface area contributed by atoms with Gasteiger partial charge >= 0.3 is 5.97 Å². The third-order valence-corrected chi connectivity index (χ3v) is 2.33. The average Bonchev–Trinajstić information content (AvgIpc) is 2.42. The summed E-state index contributed by atoms with van der Waals surface area (Å²) >= 11 is 5.54. The number of halogens is 2. The number of aromatic nitrogens is 2. The molecule has 0 radical (unpaired) electrons. The molecule has 5 nitrogen and oxygen atoms in total. The number of esters is 1. The molecule has 0 atom stereocenters. The third kappa shape index (κ3) is 3.17. The summed E-state index contributed by atoms with van der Waals surface area (Å²) in [7, 11) is 1.26. The minimum absolute atomic E-state index is 0.138.